The minimum atomic E-state index is -3.56. The van der Waals surface area contributed by atoms with Crippen molar-refractivity contribution >= 4 is 15.7 Å². The van der Waals surface area contributed by atoms with E-state index in [0.717, 1.165) is 29.9 Å². The molecule has 0 saturated carbocycles. The quantitative estimate of drug-likeness (QED) is 0.769. The number of sulfonamides is 1. The van der Waals surface area contributed by atoms with Crippen molar-refractivity contribution in [2.45, 2.75) is 17.9 Å². The SMILES string of the molecule is Cc1ccc(S(=O)(=O)NC[C@H](c2ccc(N(C)C)cc2)N2CCOCC2)cc1. The van der Waals surface area contributed by atoms with Gasteiger partial charge in [-0.15, -0.1) is 0 Å². The standard InChI is InChI=1S/C21H29N3O3S/c1-17-4-10-20(11-5-17)28(25,26)22-16-21(24-12-14-27-15-13-24)18-6-8-19(9-7-18)23(2)3/h4-11,21-22H,12-16H2,1-3H3/t21-/m1/s1. The van der Waals surface area contributed by atoms with Gasteiger partial charge in [-0.1, -0.05) is 29.8 Å². The Kier molecular flexibility index (Phi) is 6.72. The monoisotopic (exact) mass is 403 g/mol. The topological polar surface area (TPSA) is 61.9 Å². The largest absolute Gasteiger partial charge is 0.379 e. The summed E-state index contributed by atoms with van der Waals surface area (Å²) in [5.74, 6) is 0. The lowest BCUT2D eigenvalue weighted by Gasteiger charge is -2.35. The minimum absolute atomic E-state index is 0.0414. The molecule has 152 valence electrons. The van der Waals surface area contributed by atoms with E-state index >= 15 is 0 Å². The third-order valence-electron chi connectivity index (χ3n) is 5.08. The first-order valence-corrected chi connectivity index (χ1v) is 11.0. The van der Waals surface area contributed by atoms with Crippen LogP contribution in [0.1, 0.15) is 17.2 Å². The second-order valence-electron chi connectivity index (χ2n) is 7.32. The van der Waals surface area contributed by atoms with E-state index in [-0.39, 0.29) is 6.04 Å². The molecule has 3 rings (SSSR count). The molecule has 2 aromatic rings. The van der Waals surface area contributed by atoms with Crippen molar-refractivity contribution in [2.75, 3.05) is 51.8 Å². The molecule has 7 heteroatoms. The third kappa shape index (κ3) is 5.11. The predicted octanol–water partition coefficient (Wildman–Crippen LogP) is 2.41. The molecule has 0 amide bonds. The first-order valence-electron chi connectivity index (χ1n) is 9.52. The molecule has 1 saturated heterocycles. The van der Waals surface area contributed by atoms with Crippen LogP contribution in [0.4, 0.5) is 5.69 Å². The van der Waals surface area contributed by atoms with Gasteiger partial charge in [-0.05, 0) is 36.8 Å². The second-order valence-corrected chi connectivity index (χ2v) is 9.08. The Morgan fingerprint density at radius 2 is 1.64 bits per heavy atom. The predicted molar refractivity (Wildman–Crippen MR) is 112 cm³/mol. The maximum Gasteiger partial charge on any atom is 0.240 e. The van der Waals surface area contributed by atoms with Gasteiger partial charge < -0.3 is 9.64 Å². The number of rotatable bonds is 7. The van der Waals surface area contributed by atoms with E-state index in [4.69, 9.17) is 4.74 Å². The Bertz CT molecular complexity index is 859. The zero-order valence-electron chi connectivity index (χ0n) is 16.8. The summed E-state index contributed by atoms with van der Waals surface area (Å²) in [4.78, 5) is 4.63. The van der Waals surface area contributed by atoms with Crippen molar-refractivity contribution in [3.05, 3.63) is 59.7 Å². The fourth-order valence-electron chi connectivity index (χ4n) is 3.33. The Balaban J connectivity index is 1.79. The molecule has 0 aliphatic carbocycles. The third-order valence-corrected chi connectivity index (χ3v) is 6.52. The van der Waals surface area contributed by atoms with Gasteiger partial charge in [0.25, 0.3) is 0 Å². The van der Waals surface area contributed by atoms with Crippen LogP contribution in [0, 0.1) is 6.92 Å². The van der Waals surface area contributed by atoms with E-state index in [1.807, 2.05) is 38.1 Å². The molecule has 1 heterocycles. The minimum Gasteiger partial charge on any atom is -0.379 e. The van der Waals surface area contributed by atoms with E-state index in [1.54, 1.807) is 12.1 Å². The molecule has 1 aliphatic heterocycles. The smallest absolute Gasteiger partial charge is 0.240 e. The van der Waals surface area contributed by atoms with Crippen molar-refractivity contribution in [1.82, 2.24) is 9.62 Å². The van der Waals surface area contributed by atoms with E-state index in [0.29, 0.717) is 24.7 Å². The maximum absolute atomic E-state index is 12.7. The summed E-state index contributed by atoms with van der Waals surface area (Å²) < 4.78 is 33.8. The molecule has 0 radical (unpaired) electrons. The summed E-state index contributed by atoms with van der Waals surface area (Å²) in [5.41, 5.74) is 3.25. The van der Waals surface area contributed by atoms with Crippen LogP contribution in [-0.4, -0.2) is 60.3 Å². The van der Waals surface area contributed by atoms with Crippen molar-refractivity contribution < 1.29 is 13.2 Å². The van der Waals surface area contributed by atoms with Gasteiger partial charge in [0.05, 0.1) is 18.1 Å². The molecule has 0 unspecified atom stereocenters. The van der Waals surface area contributed by atoms with Crippen molar-refractivity contribution in [3.63, 3.8) is 0 Å². The van der Waals surface area contributed by atoms with Gasteiger partial charge in [0.15, 0.2) is 0 Å². The molecule has 1 fully saturated rings. The molecular weight excluding hydrogens is 374 g/mol. The highest BCUT2D eigenvalue weighted by Gasteiger charge is 2.25. The zero-order chi connectivity index (χ0) is 20.1. The number of nitrogens with zero attached hydrogens (tertiary/aromatic N) is 2. The number of anilines is 1. The number of nitrogens with one attached hydrogen (secondary N) is 1. The number of hydrogen-bond acceptors (Lipinski definition) is 5. The van der Waals surface area contributed by atoms with E-state index < -0.39 is 10.0 Å². The molecule has 0 spiro atoms. The van der Waals surface area contributed by atoms with E-state index in [1.165, 1.54) is 0 Å². The fraction of sp³-hybridized carbons (Fsp3) is 0.429. The Morgan fingerprint density at radius 1 is 1.04 bits per heavy atom. The van der Waals surface area contributed by atoms with Crippen LogP contribution in [0.3, 0.4) is 0 Å². The van der Waals surface area contributed by atoms with E-state index in [9.17, 15) is 8.42 Å². The highest BCUT2D eigenvalue weighted by Crippen LogP contribution is 2.24. The van der Waals surface area contributed by atoms with Gasteiger partial charge >= 0.3 is 0 Å². The Hall–Kier alpha value is -1.93. The highest BCUT2D eigenvalue weighted by molar-refractivity contribution is 7.89. The van der Waals surface area contributed by atoms with Crippen LogP contribution >= 0.6 is 0 Å². The van der Waals surface area contributed by atoms with Crippen molar-refractivity contribution in [2.24, 2.45) is 0 Å². The molecule has 28 heavy (non-hydrogen) atoms. The summed E-state index contributed by atoms with van der Waals surface area (Å²) in [6, 6.07) is 15.2. The van der Waals surface area contributed by atoms with Gasteiger partial charge in [-0.3, -0.25) is 4.90 Å². The van der Waals surface area contributed by atoms with Crippen LogP contribution in [0.25, 0.3) is 0 Å². The zero-order valence-corrected chi connectivity index (χ0v) is 17.6. The van der Waals surface area contributed by atoms with Gasteiger partial charge in [-0.2, -0.15) is 0 Å². The summed E-state index contributed by atoms with van der Waals surface area (Å²) in [6.07, 6.45) is 0. The molecule has 2 aromatic carbocycles. The number of ether oxygens (including phenoxy) is 1. The van der Waals surface area contributed by atoms with Crippen LogP contribution in [-0.2, 0) is 14.8 Å². The van der Waals surface area contributed by atoms with Crippen molar-refractivity contribution in [3.8, 4) is 0 Å². The van der Waals surface area contributed by atoms with Crippen molar-refractivity contribution in [1.29, 1.82) is 0 Å². The maximum atomic E-state index is 12.7. The van der Waals surface area contributed by atoms with Crippen LogP contribution in [0.5, 0.6) is 0 Å². The molecule has 1 aliphatic rings. The number of hydrogen-bond donors (Lipinski definition) is 1. The molecule has 6 nitrogen and oxygen atoms in total. The summed E-state index contributed by atoms with van der Waals surface area (Å²) >= 11 is 0. The number of aryl methyl sites for hydroxylation is 1. The Morgan fingerprint density at radius 3 is 2.21 bits per heavy atom. The summed E-state index contributed by atoms with van der Waals surface area (Å²) in [7, 11) is 0.452. The fourth-order valence-corrected chi connectivity index (χ4v) is 4.37. The average molecular weight is 404 g/mol. The lowest BCUT2D eigenvalue weighted by atomic mass is 10.0. The van der Waals surface area contributed by atoms with Gasteiger partial charge in [-0.25, -0.2) is 13.1 Å². The van der Waals surface area contributed by atoms with Gasteiger partial charge in [0, 0.05) is 45.5 Å². The van der Waals surface area contributed by atoms with Crippen LogP contribution < -0.4 is 9.62 Å². The number of benzene rings is 2. The Labute approximate surface area is 168 Å². The van der Waals surface area contributed by atoms with E-state index in [2.05, 4.69) is 33.9 Å². The number of morpholine rings is 1. The average Bonchev–Trinajstić information content (AvgIpc) is 2.69. The molecular formula is C21H29N3O3S. The second kappa shape index (κ2) is 9.05. The molecule has 0 aromatic heterocycles. The highest BCUT2D eigenvalue weighted by atomic mass is 32.2. The summed E-state index contributed by atoms with van der Waals surface area (Å²) in [5, 5.41) is 0. The molecule has 1 N–H and O–H groups in total. The lowest BCUT2D eigenvalue weighted by Crippen LogP contribution is -2.43. The van der Waals surface area contributed by atoms with Crippen LogP contribution in [0.2, 0.25) is 0 Å². The first-order chi connectivity index (χ1) is 13.4. The first kappa shape index (κ1) is 20.8. The summed E-state index contributed by atoms with van der Waals surface area (Å²) in [6.45, 7) is 5.15. The molecule has 0 bridgehead atoms. The van der Waals surface area contributed by atoms with Gasteiger partial charge in [0.2, 0.25) is 10.0 Å². The molecule has 1 atom stereocenters. The normalized spacial score (nSPS) is 16.7. The van der Waals surface area contributed by atoms with Crippen LogP contribution in [0.15, 0.2) is 53.4 Å². The lowest BCUT2D eigenvalue weighted by molar-refractivity contribution is 0.0172. The van der Waals surface area contributed by atoms with Gasteiger partial charge in [0.1, 0.15) is 0 Å².